The summed E-state index contributed by atoms with van der Waals surface area (Å²) < 4.78 is 6.54. The topological polar surface area (TPSA) is 49.3 Å². The molecule has 0 saturated carbocycles. The van der Waals surface area contributed by atoms with Crippen LogP contribution in [0.2, 0.25) is 0 Å². The predicted molar refractivity (Wildman–Crippen MR) is 63.3 cm³/mol. The summed E-state index contributed by atoms with van der Waals surface area (Å²) >= 11 is 3.53. The van der Waals surface area contributed by atoms with E-state index in [2.05, 4.69) is 23.1 Å². The third kappa shape index (κ3) is 2.97. The molecule has 1 aromatic rings. The van der Waals surface area contributed by atoms with Gasteiger partial charge in [-0.05, 0) is 23.8 Å². The summed E-state index contributed by atoms with van der Waals surface area (Å²) in [7, 11) is 0. The number of hydrogen-bond acceptors (Lipinski definition) is 4. The smallest absolute Gasteiger partial charge is 0.321 e. The van der Waals surface area contributed by atoms with Gasteiger partial charge in [0.2, 0.25) is 0 Å². The molecule has 4 heteroatoms. The number of carboxylic acids is 1. The van der Waals surface area contributed by atoms with Crippen molar-refractivity contribution in [3.05, 3.63) is 35.4 Å². The molecule has 0 unspecified atom stereocenters. The number of rotatable bonds is 1. The Hall–Kier alpha value is -1.00. The highest BCUT2D eigenvalue weighted by atomic mass is 32.1. The summed E-state index contributed by atoms with van der Waals surface area (Å²) in [6.07, 6.45) is 2.30. The molecule has 2 rings (SSSR count). The first-order chi connectivity index (χ1) is 7.81. The van der Waals surface area contributed by atoms with Gasteiger partial charge in [0.05, 0.1) is 0 Å². The van der Waals surface area contributed by atoms with Gasteiger partial charge < -0.3 is 10.4 Å². The van der Waals surface area contributed by atoms with Gasteiger partial charge in [-0.15, -0.1) is 0 Å². The van der Waals surface area contributed by atoms with Crippen molar-refractivity contribution in [2.45, 2.75) is 19.0 Å². The molecule has 1 heterocycles. The number of nitrogens with one attached hydrogen (secondary N) is 1. The van der Waals surface area contributed by atoms with E-state index < -0.39 is 5.97 Å². The van der Waals surface area contributed by atoms with Crippen LogP contribution in [0.3, 0.4) is 0 Å². The van der Waals surface area contributed by atoms with Crippen LogP contribution in [-0.4, -0.2) is 23.4 Å². The fourth-order valence-corrected chi connectivity index (χ4v) is 1.62. The predicted octanol–water partition coefficient (Wildman–Crippen LogP) is 1.33. The summed E-state index contributed by atoms with van der Waals surface area (Å²) in [5.74, 6) is -0.514. The molecule has 2 N–H and O–H groups in total. The molecule has 1 aliphatic heterocycles. The van der Waals surface area contributed by atoms with Gasteiger partial charge in [0.15, 0.2) is 0 Å². The fraction of sp³-hybridized carbons (Fsp3) is 0.364. The SMILES string of the molecule is CS.[3H]OC(=O)[C@@H]1Cc2ccccc2CN1. The van der Waals surface area contributed by atoms with Crippen LogP contribution in [0.1, 0.15) is 11.1 Å². The summed E-state index contributed by atoms with van der Waals surface area (Å²) in [5.41, 5.74) is 2.36. The Morgan fingerprint density at radius 1 is 1.53 bits per heavy atom. The van der Waals surface area contributed by atoms with Crippen molar-refractivity contribution in [1.82, 2.24) is 5.32 Å². The van der Waals surface area contributed by atoms with E-state index in [-0.39, 0.29) is 6.04 Å². The normalized spacial score (nSPS) is 19.1. The Balaban J connectivity index is 0.000000606. The first kappa shape index (κ1) is 10.5. The Morgan fingerprint density at radius 3 is 2.87 bits per heavy atom. The van der Waals surface area contributed by atoms with Gasteiger partial charge in [-0.25, -0.2) is 0 Å². The number of carboxylic acid groups (broad SMARTS) is 1. The van der Waals surface area contributed by atoms with Crippen molar-refractivity contribution in [3.8, 4) is 0 Å². The lowest BCUT2D eigenvalue weighted by molar-refractivity contribution is -0.139. The van der Waals surface area contributed by atoms with Crippen LogP contribution in [0.4, 0.5) is 0 Å². The highest BCUT2D eigenvalue weighted by Crippen LogP contribution is 2.15. The van der Waals surface area contributed by atoms with E-state index in [1.54, 1.807) is 6.26 Å². The monoisotopic (exact) mass is 227 g/mol. The van der Waals surface area contributed by atoms with E-state index >= 15 is 0 Å². The molecular weight excluding hydrogens is 210 g/mol. The van der Waals surface area contributed by atoms with Gasteiger partial charge in [-0.2, -0.15) is 12.6 Å². The number of aliphatic carboxylic acids is 1. The molecule has 0 radical (unpaired) electrons. The number of fused-ring (bicyclic) bond motifs is 1. The standard InChI is InChI=1S/C10H11NO2.CH4S/c12-10(13)9-5-7-3-1-2-4-8(7)6-11-9;1-2/h1-4,9,11H,5-6H2,(H,12,13);2H,1H3/t9-;/m0./s1/i/hT. The second-order valence-electron chi connectivity index (χ2n) is 3.23. The second kappa shape index (κ2) is 5.78. The third-order valence-corrected chi connectivity index (χ3v) is 2.37. The van der Waals surface area contributed by atoms with Crippen LogP contribution in [0, 0.1) is 0 Å². The molecule has 0 aliphatic carbocycles. The highest BCUT2D eigenvalue weighted by Gasteiger charge is 2.22. The Morgan fingerprint density at radius 2 is 2.20 bits per heavy atom. The van der Waals surface area contributed by atoms with Gasteiger partial charge >= 0.3 is 5.97 Å². The van der Waals surface area contributed by atoms with E-state index in [1.807, 2.05) is 24.3 Å². The maximum absolute atomic E-state index is 11.1. The maximum Gasteiger partial charge on any atom is 0.321 e. The van der Waals surface area contributed by atoms with Crippen molar-refractivity contribution in [3.63, 3.8) is 0 Å². The van der Waals surface area contributed by atoms with Crippen LogP contribution in [0.5, 0.6) is 0 Å². The minimum absolute atomic E-state index is 0.373. The van der Waals surface area contributed by atoms with Crippen molar-refractivity contribution in [2.24, 2.45) is 0 Å². The van der Waals surface area contributed by atoms with Gasteiger partial charge in [0.1, 0.15) is 6.04 Å². The van der Waals surface area contributed by atoms with Crippen LogP contribution < -0.4 is 5.32 Å². The Bertz CT molecular complexity index is 360. The summed E-state index contributed by atoms with van der Waals surface area (Å²) in [4.78, 5) is 11.1. The zero-order chi connectivity index (χ0) is 12.0. The number of hydrogen-bond donors (Lipinski definition) is 3. The zero-order valence-corrected chi connectivity index (χ0v) is 9.46. The lowest BCUT2D eigenvalue weighted by Crippen LogP contribution is -2.41. The molecule has 0 saturated heterocycles. The molecule has 0 fully saturated rings. The highest BCUT2D eigenvalue weighted by molar-refractivity contribution is 7.79. The largest absolute Gasteiger partial charge is 0.480 e. The van der Waals surface area contributed by atoms with Crippen LogP contribution in [-0.2, 0) is 17.8 Å². The minimum Gasteiger partial charge on any atom is -0.480 e. The second-order valence-corrected chi connectivity index (χ2v) is 3.23. The molecule has 1 aromatic carbocycles. The third-order valence-electron chi connectivity index (χ3n) is 2.37. The molecule has 82 valence electrons. The van der Waals surface area contributed by atoms with Crippen molar-refractivity contribution in [2.75, 3.05) is 6.26 Å². The maximum atomic E-state index is 11.1. The molecule has 15 heavy (non-hydrogen) atoms. The number of thiol groups is 1. The Labute approximate surface area is 96.4 Å². The zero-order valence-electron chi connectivity index (χ0n) is 9.56. The van der Waals surface area contributed by atoms with Crippen molar-refractivity contribution < 1.29 is 9.90 Å². The molecular formula is C11H15NO2S. The van der Waals surface area contributed by atoms with Crippen molar-refractivity contribution >= 4 is 18.6 Å². The van der Waals surface area contributed by atoms with E-state index in [0.29, 0.717) is 13.0 Å². The first-order valence-electron chi connectivity index (χ1n) is 5.14. The van der Waals surface area contributed by atoms with Gasteiger partial charge in [0, 0.05) is 6.54 Å². The van der Waals surface area contributed by atoms with Crippen LogP contribution >= 0.6 is 12.6 Å². The van der Waals surface area contributed by atoms with E-state index in [0.717, 1.165) is 5.56 Å². The quantitative estimate of drug-likeness (QED) is 0.634. The molecule has 1 atom stereocenters. The Kier molecular flexibility index (Phi) is 4.05. The van der Waals surface area contributed by atoms with E-state index in [1.165, 1.54) is 5.56 Å². The van der Waals surface area contributed by atoms with E-state index in [9.17, 15) is 4.79 Å². The van der Waals surface area contributed by atoms with Gasteiger partial charge in [0.25, 0.3) is 1.43 Å². The van der Waals surface area contributed by atoms with Crippen LogP contribution in [0.25, 0.3) is 1.43 Å². The molecule has 0 amide bonds. The minimum atomic E-state index is -0.514. The van der Waals surface area contributed by atoms with Gasteiger partial charge in [-0.3, -0.25) is 4.79 Å². The average Bonchev–Trinajstić information content (AvgIpc) is 2.39. The molecule has 3 nitrogen and oxygen atoms in total. The molecule has 1 aliphatic rings. The molecule has 0 bridgehead atoms. The molecule has 0 aromatic heterocycles. The van der Waals surface area contributed by atoms with Crippen LogP contribution in [0.15, 0.2) is 24.3 Å². The molecule has 0 spiro atoms. The summed E-state index contributed by atoms with van der Waals surface area (Å²) in [5, 5.41) is 6.98. The lowest BCUT2D eigenvalue weighted by atomic mass is 9.96. The fourth-order valence-electron chi connectivity index (χ4n) is 1.62. The lowest BCUT2D eigenvalue weighted by Gasteiger charge is -2.22. The number of benzene rings is 1. The summed E-state index contributed by atoms with van der Waals surface area (Å²) in [6.45, 7) is 0.663. The first-order valence-corrected chi connectivity index (χ1v) is 5.62. The number of carbonyl (C=O) groups is 1. The van der Waals surface area contributed by atoms with E-state index in [4.69, 9.17) is 1.43 Å². The summed E-state index contributed by atoms with van der Waals surface area (Å²) in [6, 6.07) is 7.59. The van der Waals surface area contributed by atoms with Crippen molar-refractivity contribution in [1.29, 1.82) is 1.43 Å². The van der Waals surface area contributed by atoms with Gasteiger partial charge in [-0.1, -0.05) is 24.3 Å². The average molecular weight is 227 g/mol.